The van der Waals surface area contributed by atoms with Crippen LogP contribution < -0.4 is 16.0 Å². The Labute approximate surface area is 117 Å². The van der Waals surface area contributed by atoms with E-state index < -0.39 is 10.8 Å². The lowest BCUT2D eigenvalue weighted by Gasteiger charge is -2.08. The zero-order valence-corrected chi connectivity index (χ0v) is 11.4. The third-order valence-corrected chi connectivity index (χ3v) is 2.75. The number of amides is 1. The number of unbranched alkanes of at least 4 members (excludes halogenated alkanes) is 2. The molecule has 0 bridgehead atoms. The van der Waals surface area contributed by atoms with E-state index in [1.807, 2.05) is 5.43 Å². The Hall–Kier alpha value is -2.15. The van der Waals surface area contributed by atoms with Crippen LogP contribution >= 0.6 is 0 Å². The highest BCUT2D eigenvalue weighted by Crippen LogP contribution is 2.28. The minimum absolute atomic E-state index is 0.00649. The van der Waals surface area contributed by atoms with Crippen LogP contribution in [-0.2, 0) is 11.2 Å². The van der Waals surface area contributed by atoms with Crippen LogP contribution in [0.2, 0.25) is 0 Å². The van der Waals surface area contributed by atoms with Crippen molar-refractivity contribution in [3.05, 3.63) is 33.9 Å². The maximum atomic E-state index is 11.2. The first kappa shape index (κ1) is 15.9. The van der Waals surface area contributed by atoms with Gasteiger partial charge in [-0.1, -0.05) is 25.8 Å². The Bertz CT molecular complexity index is 477. The molecule has 0 aliphatic rings. The van der Waals surface area contributed by atoms with Gasteiger partial charge in [-0.2, -0.15) is 0 Å². The molecule has 7 nitrogen and oxygen atoms in total. The fraction of sp³-hybridized carbons (Fsp3) is 0.462. The summed E-state index contributed by atoms with van der Waals surface area (Å²) in [6.07, 6.45) is 2.92. The van der Waals surface area contributed by atoms with Gasteiger partial charge in [0.2, 0.25) is 5.91 Å². The van der Waals surface area contributed by atoms with Gasteiger partial charge in [0.05, 0.1) is 18.0 Å². The number of hydrogen-bond acceptors (Lipinski definition) is 5. The van der Waals surface area contributed by atoms with Crippen LogP contribution in [0.25, 0.3) is 0 Å². The summed E-state index contributed by atoms with van der Waals surface area (Å²) in [7, 11) is 0. The number of ether oxygens (including phenoxy) is 1. The van der Waals surface area contributed by atoms with Gasteiger partial charge in [0.15, 0.2) is 5.75 Å². The van der Waals surface area contributed by atoms with Crippen LogP contribution in [0.5, 0.6) is 5.75 Å². The lowest BCUT2D eigenvalue weighted by molar-refractivity contribution is -0.385. The first-order valence-electron chi connectivity index (χ1n) is 6.48. The van der Waals surface area contributed by atoms with Crippen LogP contribution in [0, 0.1) is 10.1 Å². The van der Waals surface area contributed by atoms with Gasteiger partial charge in [0, 0.05) is 6.07 Å². The molecule has 7 heteroatoms. The fourth-order valence-electron chi connectivity index (χ4n) is 1.71. The molecule has 0 unspecified atom stereocenters. The molecule has 110 valence electrons. The number of nitrogens with one attached hydrogen (secondary N) is 1. The smallest absolute Gasteiger partial charge is 0.311 e. The van der Waals surface area contributed by atoms with Crippen molar-refractivity contribution in [1.29, 1.82) is 0 Å². The van der Waals surface area contributed by atoms with Crippen LogP contribution in [0.4, 0.5) is 5.69 Å². The van der Waals surface area contributed by atoms with Gasteiger partial charge in [-0.3, -0.25) is 20.3 Å². The third kappa shape index (κ3) is 4.85. The SMILES string of the molecule is CCCCCOc1ccc(CC(=O)NN)cc1[N+](=O)[O-]. The summed E-state index contributed by atoms with van der Waals surface area (Å²) < 4.78 is 5.42. The van der Waals surface area contributed by atoms with Crippen molar-refractivity contribution in [2.24, 2.45) is 5.84 Å². The minimum Gasteiger partial charge on any atom is -0.487 e. The van der Waals surface area contributed by atoms with Gasteiger partial charge in [-0.25, -0.2) is 5.84 Å². The predicted molar refractivity (Wildman–Crippen MR) is 74.2 cm³/mol. The molecule has 1 amide bonds. The largest absolute Gasteiger partial charge is 0.487 e. The van der Waals surface area contributed by atoms with E-state index in [1.54, 1.807) is 6.07 Å². The number of benzene rings is 1. The molecular weight excluding hydrogens is 262 g/mol. The number of nitro benzene ring substituents is 1. The van der Waals surface area contributed by atoms with Crippen molar-refractivity contribution in [3.63, 3.8) is 0 Å². The summed E-state index contributed by atoms with van der Waals surface area (Å²) >= 11 is 0. The molecular formula is C13H19N3O4. The maximum absolute atomic E-state index is 11.2. The van der Waals surface area contributed by atoms with Crippen molar-refractivity contribution in [3.8, 4) is 5.75 Å². The minimum atomic E-state index is -0.515. The molecule has 0 fully saturated rings. The summed E-state index contributed by atoms with van der Waals surface area (Å²) in [5, 5.41) is 11.0. The molecule has 20 heavy (non-hydrogen) atoms. The average Bonchev–Trinajstić information content (AvgIpc) is 2.44. The van der Waals surface area contributed by atoms with E-state index in [1.165, 1.54) is 12.1 Å². The van der Waals surface area contributed by atoms with Gasteiger partial charge in [-0.15, -0.1) is 0 Å². The van der Waals surface area contributed by atoms with Crippen molar-refractivity contribution in [1.82, 2.24) is 5.43 Å². The van der Waals surface area contributed by atoms with Crippen molar-refractivity contribution in [2.75, 3.05) is 6.61 Å². The van der Waals surface area contributed by atoms with Crippen LogP contribution in [0.15, 0.2) is 18.2 Å². The number of rotatable bonds is 8. The highest BCUT2D eigenvalue weighted by atomic mass is 16.6. The number of nitrogens with zero attached hydrogens (tertiary/aromatic N) is 1. The van der Waals surface area contributed by atoms with E-state index in [0.717, 1.165) is 19.3 Å². The second-order valence-corrected chi connectivity index (χ2v) is 4.36. The number of nitro groups is 1. The number of hydrazine groups is 1. The highest BCUT2D eigenvalue weighted by Gasteiger charge is 2.16. The van der Waals surface area contributed by atoms with E-state index >= 15 is 0 Å². The number of nitrogens with two attached hydrogens (primary N) is 1. The summed E-state index contributed by atoms with van der Waals surface area (Å²) in [5.41, 5.74) is 2.36. The molecule has 1 rings (SSSR count). The predicted octanol–water partition coefficient (Wildman–Crippen LogP) is 1.70. The van der Waals surface area contributed by atoms with Gasteiger partial charge in [0.25, 0.3) is 0 Å². The van der Waals surface area contributed by atoms with Crippen LogP contribution in [0.1, 0.15) is 31.7 Å². The molecule has 0 atom stereocenters. The molecule has 0 aliphatic carbocycles. The van der Waals surface area contributed by atoms with Crippen molar-refractivity contribution >= 4 is 11.6 Å². The molecule has 3 N–H and O–H groups in total. The van der Waals surface area contributed by atoms with Gasteiger partial charge >= 0.3 is 5.69 Å². The first-order valence-corrected chi connectivity index (χ1v) is 6.48. The lowest BCUT2D eigenvalue weighted by atomic mass is 10.1. The van der Waals surface area contributed by atoms with Crippen molar-refractivity contribution < 1.29 is 14.5 Å². The standard InChI is InChI=1S/C13H19N3O4/c1-2-3-4-7-20-12-6-5-10(9-13(17)15-14)8-11(12)16(18)19/h5-6,8H,2-4,7,9,14H2,1H3,(H,15,17). The highest BCUT2D eigenvalue weighted by molar-refractivity contribution is 5.78. The van der Waals surface area contributed by atoms with E-state index in [4.69, 9.17) is 10.6 Å². The Balaban J connectivity index is 2.79. The van der Waals surface area contributed by atoms with E-state index in [0.29, 0.717) is 12.2 Å². The Kier molecular flexibility index (Phi) is 6.45. The molecule has 0 aliphatic heterocycles. The molecule has 0 heterocycles. The second kappa shape index (κ2) is 8.11. The van der Waals surface area contributed by atoms with Crippen LogP contribution in [0.3, 0.4) is 0 Å². The number of hydrogen-bond donors (Lipinski definition) is 2. The van der Waals surface area contributed by atoms with Crippen molar-refractivity contribution in [2.45, 2.75) is 32.6 Å². The number of carbonyl (C=O) groups excluding carboxylic acids is 1. The molecule has 0 saturated heterocycles. The van der Waals surface area contributed by atoms with E-state index in [9.17, 15) is 14.9 Å². The summed E-state index contributed by atoms with van der Waals surface area (Å²) in [4.78, 5) is 21.7. The van der Waals surface area contributed by atoms with Gasteiger partial charge in [0.1, 0.15) is 0 Å². The molecule has 1 aromatic carbocycles. The zero-order chi connectivity index (χ0) is 15.0. The quantitative estimate of drug-likeness (QED) is 0.248. The van der Waals surface area contributed by atoms with E-state index in [-0.39, 0.29) is 17.9 Å². The summed E-state index contributed by atoms with van der Waals surface area (Å²) in [6.45, 7) is 2.51. The first-order chi connectivity index (χ1) is 9.58. The molecule has 0 aromatic heterocycles. The maximum Gasteiger partial charge on any atom is 0.311 e. The average molecular weight is 281 g/mol. The fourth-order valence-corrected chi connectivity index (χ4v) is 1.71. The normalized spacial score (nSPS) is 10.1. The van der Waals surface area contributed by atoms with Gasteiger partial charge in [-0.05, 0) is 18.1 Å². The summed E-state index contributed by atoms with van der Waals surface area (Å²) in [6, 6.07) is 4.48. The lowest BCUT2D eigenvalue weighted by Crippen LogP contribution is -2.31. The third-order valence-electron chi connectivity index (χ3n) is 2.75. The number of carbonyl (C=O) groups is 1. The zero-order valence-electron chi connectivity index (χ0n) is 11.4. The van der Waals surface area contributed by atoms with E-state index in [2.05, 4.69) is 6.92 Å². The van der Waals surface area contributed by atoms with Crippen LogP contribution in [-0.4, -0.2) is 17.4 Å². The second-order valence-electron chi connectivity index (χ2n) is 4.36. The Morgan fingerprint density at radius 1 is 1.45 bits per heavy atom. The summed E-state index contributed by atoms with van der Waals surface area (Å²) in [5.74, 6) is 4.80. The monoisotopic (exact) mass is 281 g/mol. The molecule has 0 spiro atoms. The molecule has 0 saturated carbocycles. The Morgan fingerprint density at radius 2 is 2.20 bits per heavy atom. The molecule has 1 aromatic rings. The topological polar surface area (TPSA) is 107 Å². The van der Waals surface area contributed by atoms with Gasteiger partial charge < -0.3 is 4.74 Å². The molecule has 0 radical (unpaired) electrons. The Morgan fingerprint density at radius 3 is 2.80 bits per heavy atom.